The first-order valence-corrected chi connectivity index (χ1v) is 9.53. The normalized spacial score (nSPS) is 10.5. The van der Waals surface area contributed by atoms with Crippen molar-refractivity contribution < 1.29 is 28.2 Å². The lowest BCUT2D eigenvalue weighted by atomic mass is 10.2. The molecular formula is C21H23ClN2O6. The molecule has 1 aromatic heterocycles. The van der Waals surface area contributed by atoms with Crippen LogP contribution in [0.4, 0.5) is 5.88 Å². The van der Waals surface area contributed by atoms with Crippen LogP contribution in [0.3, 0.4) is 0 Å². The molecule has 0 radical (unpaired) electrons. The molecule has 1 amide bonds. The van der Waals surface area contributed by atoms with Gasteiger partial charge in [-0.15, -0.1) is 0 Å². The minimum absolute atomic E-state index is 0.0184. The zero-order valence-corrected chi connectivity index (χ0v) is 18.2. The molecule has 0 aliphatic heterocycles. The molecule has 0 atom stereocenters. The van der Waals surface area contributed by atoms with Gasteiger partial charge in [-0.2, -0.15) is 5.26 Å². The topological polar surface area (TPSA) is 111 Å². The fraction of sp³-hybridized carbons (Fsp3) is 0.381. The Morgan fingerprint density at radius 3 is 2.60 bits per heavy atom. The molecule has 1 heterocycles. The van der Waals surface area contributed by atoms with Gasteiger partial charge >= 0.3 is 5.97 Å². The third-order valence-corrected chi connectivity index (χ3v) is 4.39. The predicted octanol–water partition coefficient (Wildman–Crippen LogP) is 4.26. The number of hydrogen-bond acceptors (Lipinski definition) is 7. The molecular weight excluding hydrogens is 412 g/mol. The van der Waals surface area contributed by atoms with Crippen LogP contribution in [-0.4, -0.2) is 32.2 Å². The minimum atomic E-state index is -0.770. The molecule has 0 unspecified atom stereocenters. The number of nitrogens with zero attached hydrogens (tertiary/aromatic N) is 1. The highest BCUT2D eigenvalue weighted by atomic mass is 35.5. The first-order valence-electron chi connectivity index (χ1n) is 9.15. The van der Waals surface area contributed by atoms with E-state index in [1.807, 2.05) is 19.9 Å². The van der Waals surface area contributed by atoms with Crippen molar-refractivity contribution in [3.05, 3.63) is 39.6 Å². The summed E-state index contributed by atoms with van der Waals surface area (Å²) in [7, 11) is 1.43. The number of carbonyl (C=O) groups excluding carboxylic acids is 2. The average molecular weight is 435 g/mol. The fourth-order valence-corrected chi connectivity index (χ4v) is 2.72. The summed E-state index contributed by atoms with van der Waals surface area (Å²) < 4.78 is 21.3. The SMILES string of the molecule is COc1cc(C(=O)OCC(=O)Nc2oc(C)c(C)c2C#N)cc(Cl)c1OCC(C)C. The van der Waals surface area contributed by atoms with Crippen molar-refractivity contribution in [3.63, 3.8) is 0 Å². The van der Waals surface area contributed by atoms with Gasteiger partial charge in [-0.05, 0) is 31.9 Å². The van der Waals surface area contributed by atoms with Crippen molar-refractivity contribution in [3.8, 4) is 17.6 Å². The van der Waals surface area contributed by atoms with Gasteiger partial charge < -0.3 is 18.6 Å². The van der Waals surface area contributed by atoms with Crippen molar-refractivity contribution in [1.29, 1.82) is 5.26 Å². The van der Waals surface area contributed by atoms with Crippen LogP contribution in [0.2, 0.25) is 5.02 Å². The molecule has 1 N–H and O–H groups in total. The number of carbonyl (C=O) groups is 2. The van der Waals surface area contributed by atoms with E-state index in [9.17, 15) is 14.9 Å². The summed E-state index contributed by atoms with van der Waals surface area (Å²) in [5, 5.41) is 11.8. The Kier molecular flexibility index (Phi) is 7.72. The van der Waals surface area contributed by atoms with E-state index in [2.05, 4.69) is 5.32 Å². The minimum Gasteiger partial charge on any atom is -0.493 e. The summed E-state index contributed by atoms with van der Waals surface area (Å²) in [6.07, 6.45) is 0. The molecule has 0 fully saturated rings. The molecule has 0 aliphatic carbocycles. The quantitative estimate of drug-likeness (QED) is 0.618. The molecule has 2 aromatic rings. The number of anilines is 1. The monoisotopic (exact) mass is 434 g/mol. The molecule has 8 nitrogen and oxygen atoms in total. The summed E-state index contributed by atoms with van der Waals surface area (Å²) in [6, 6.07) is 4.77. The third-order valence-electron chi connectivity index (χ3n) is 4.11. The van der Waals surface area contributed by atoms with Crippen LogP contribution in [0.5, 0.6) is 11.5 Å². The number of nitrogens with one attached hydrogen (secondary N) is 1. The first kappa shape index (κ1) is 23.1. The summed E-state index contributed by atoms with van der Waals surface area (Å²) in [5.41, 5.74) is 0.955. The highest BCUT2D eigenvalue weighted by Crippen LogP contribution is 2.37. The number of methoxy groups -OCH3 is 1. The Hall–Kier alpha value is -3.18. The van der Waals surface area contributed by atoms with E-state index in [0.29, 0.717) is 23.7 Å². The number of ether oxygens (including phenoxy) is 3. The Balaban J connectivity index is 2.06. The number of esters is 1. The summed E-state index contributed by atoms with van der Waals surface area (Å²) in [6.45, 7) is 7.21. The van der Waals surface area contributed by atoms with Crippen molar-refractivity contribution in [2.45, 2.75) is 27.7 Å². The standard InChI is InChI=1S/C21H23ClN2O6/c1-11(2)9-28-19-16(22)6-14(7-17(19)27-5)21(26)29-10-18(25)24-20-15(8-23)12(3)13(4)30-20/h6-7,11H,9-10H2,1-5H3,(H,24,25). The average Bonchev–Trinajstić information content (AvgIpc) is 2.96. The van der Waals surface area contributed by atoms with Crippen molar-refractivity contribution >= 4 is 29.4 Å². The number of aryl methyl sites for hydroxylation is 1. The second-order valence-electron chi connectivity index (χ2n) is 6.92. The first-order chi connectivity index (χ1) is 14.2. The molecule has 1 aromatic carbocycles. The van der Waals surface area contributed by atoms with E-state index >= 15 is 0 Å². The largest absolute Gasteiger partial charge is 0.493 e. The van der Waals surface area contributed by atoms with E-state index in [-0.39, 0.29) is 33.7 Å². The Morgan fingerprint density at radius 1 is 1.30 bits per heavy atom. The van der Waals surface area contributed by atoms with Gasteiger partial charge in [-0.25, -0.2) is 4.79 Å². The van der Waals surface area contributed by atoms with Crippen molar-refractivity contribution in [2.24, 2.45) is 5.92 Å². The second kappa shape index (κ2) is 10.0. The number of hydrogen-bond donors (Lipinski definition) is 1. The lowest BCUT2D eigenvalue weighted by molar-refractivity contribution is -0.119. The van der Waals surface area contributed by atoms with Gasteiger partial charge in [0, 0.05) is 5.56 Å². The van der Waals surface area contributed by atoms with Crippen LogP contribution in [0, 0.1) is 31.1 Å². The maximum Gasteiger partial charge on any atom is 0.338 e. The van der Waals surface area contributed by atoms with Crippen LogP contribution in [-0.2, 0) is 9.53 Å². The number of nitriles is 1. The molecule has 0 spiro atoms. The lowest BCUT2D eigenvalue weighted by Gasteiger charge is -2.15. The second-order valence-corrected chi connectivity index (χ2v) is 7.32. The van der Waals surface area contributed by atoms with Gasteiger partial charge in [0.05, 0.1) is 24.3 Å². The smallest absolute Gasteiger partial charge is 0.338 e. The van der Waals surface area contributed by atoms with Crippen LogP contribution < -0.4 is 14.8 Å². The van der Waals surface area contributed by atoms with Gasteiger partial charge in [0.25, 0.3) is 5.91 Å². The molecule has 9 heteroatoms. The summed E-state index contributed by atoms with van der Waals surface area (Å²) >= 11 is 6.23. The van der Waals surface area contributed by atoms with Crippen LogP contribution >= 0.6 is 11.6 Å². The van der Waals surface area contributed by atoms with E-state index in [0.717, 1.165) is 0 Å². The molecule has 0 saturated heterocycles. The Morgan fingerprint density at radius 2 is 2.00 bits per heavy atom. The van der Waals surface area contributed by atoms with Crippen molar-refractivity contribution in [1.82, 2.24) is 0 Å². The molecule has 2 rings (SSSR count). The van der Waals surface area contributed by atoms with E-state index in [4.69, 9.17) is 30.2 Å². The Labute approximate surface area is 179 Å². The highest BCUT2D eigenvalue weighted by Gasteiger charge is 2.20. The van der Waals surface area contributed by atoms with Gasteiger partial charge in [0.2, 0.25) is 5.88 Å². The maximum absolute atomic E-state index is 12.3. The van der Waals surface area contributed by atoms with Gasteiger partial charge in [0.15, 0.2) is 18.1 Å². The predicted molar refractivity (Wildman–Crippen MR) is 110 cm³/mol. The van der Waals surface area contributed by atoms with Gasteiger partial charge in [-0.1, -0.05) is 25.4 Å². The van der Waals surface area contributed by atoms with Crippen LogP contribution in [0.1, 0.15) is 41.1 Å². The lowest BCUT2D eigenvalue weighted by Crippen LogP contribution is -2.21. The summed E-state index contributed by atoms with van der Waals surface area (Å²) in [5.74, 6) is -0.00592. The molecule has 0 saturated carbocycles. The molecule has 30 heavy (non-hydrogen) atoms. The van der Waals surface area contributed by atoms with Crippen molar-refractivity contribution in [2.75, 3.05) is 25.6 Å². The number of benzene rings is 1. The van der Waals surface area contributed by atoms with Crippen LogP contribution in [0.25, 0.3) is 0 Å². The number of halogens is 1. The number of rotatable bonds is 8. The molecule has 0 bridgehead atoms. The number of furan rings is 1. The molecule has 0 aliphatic rings. The van der Waals surface area contributed by atoms with Gasteiger partial charge in [0.1, 0.15) is 17.4 Å². The highest BCUT2D eigenvalue weighted by molar-refractivity contribution is 6.32. The Bertz CT molecular complexity index is 990. The third kappa shape index (κ3) is 5.45. The fourth-order valence-electron chi connectivity index (χ4n) is 2.45. The zero-order chi connectivity index (χ0) is 22.4. The van der Waals surface area contributed by atoms with E-state index in [1.165, 1.54) is 19.2 Å². The van der Waals surface area contributed by atoms with E-state index in [1.54, 1.807) is 13.8 Å². The number of amides is 1. The maximum atomic E-state index is 12.3. The zero-order valence-electron chi connectivity index (χ0n) is 17.4. The van der Waals surface area contributed by atoms with E-state index < -0.39 is 18.5 Å². The summed E-state index contributed by atoms with van der Waals surface area (Å²) in [4.78, 5) is 24.4. The van der Waals surface area contributed by atoms with Crippen LogP contribution in [0.15, 0.2) is 16.5 Å². The van der Waals surface area contributed by atoms with Gasteiger partial charge in [-0.3, -0.25) is 10.1 Å². The molecule has 160 valence electrons.